The van der Waals surface area contributed by atoms with Crippen molar-refractivity contribution in [2.24, 2.45) is 0 Å². The Morgan fingerprint density at radius 2 is 1.56 bits per heavy atom. The van der Waals surface area contributed by atoms with Gasteiger partial charge in [0, 0.05) is 32.0 Å². The average Bonchev–Trinajstić information content (AvgIpc) is 2.27. The summed E-state index contributed by atoms with van der Waals surface area (Å²) in [4.78, 5) is 2.07. The van der Waals surface area contributed by atoms with Crippen LogP contribution in [0.4, 0.5) is 5.69 Å². The van der Waals surface area contributed by atoms with E-state index in [0.29, 0.717) is 0 Å². The number of nitrogens with zero attached hydrogens (tertiary/aromatic N) is 1. The molecule has 3 nitrogen and oxygen atoms in total. The SMILES string of the molecule is CC(C)OB(OC(C)C)c1cccc(N(C)C)c1. The first-order valence-electron chi connectivity index (χ1n) is 6.48. The Kier molecular flexibility index (Phi) is 5.70. The highest BCUT2D eigenvalue weighted by Gasteiger charge is 2.24. The lowest BCUT2D eigenvalue weighted by molar-refractivity contribution is 0.139. The zero-order valence-corrected chi connectivity index (χ0v) is 12.3. The summed E-state index contributed by atoms with van der Waals surface area (Å²) in [5.74, 6) is 0. The molecule has 0 aliphatic carbocycles. The second-order valence-electron chi connectivity index (χ2n) is 5.19. The van der Waals surface area contributed by atoms with Crippen molar-refractivity contribution in [1.29, 1.82) is 0 Å². The van der Waals surface area contributed by atoms with Gasteiger partial charge in [-0.15, -0.1) is 0 Å². The van der Waals surface area contributed by atoms with Crippen LogP contribution in [-0.4, -0.2) is 33.4 Å². The Morgan fingerprint density at radius 3 is 2.00 bits per heavy atom. The van der Waals surface area contributed by atoms with Gasteiger partial charge in [0.1, 0.15) is 0 Å². The zero-order chi connectivity index (χ0) is 13.7. The Morgan fingerprint density at radius 1 is 1.00 bits per heavy atom. The topological polar surface area (TPSA) is 21.7 Å². The number of hydrogen-bond donors (Lipinski definition) is 0. The van der Waals surface area contributed by atoms with Crippen LogP contribution < -0.4 is 10.4 Å². The summed E-state index contributed by atoms with van der Waals surface area (Å²) in [6, 6.07) is 8.26. The van der Waals surface area contributed by atoms with Crippen molar-refractivity contribution in [3.05, 3.63) is 24.3 Å². The third kappa shape index (κ3) is 4.71. The Bertz CT molecular complexity index is 357. The lowest BCUT2D eigenvalue weighted by atomic mass is 9.78. The third-order valence-electron chi connectivity index (χ3n) is 2.45. The molecule has 0 aliphatic heterocycles. The maximum Gasteiger partial charge on any atom is 0.494 e. The smallest absolute Gasteiger partial charge is 0.405 e. The van der Waals surface area contributed by atoms with Gasteiger partial charge in [-0.3, -0.25) is 0 Å². The lowest BCUT2D eigenvalue weighted by Crippen LogP contribution is -2.41. The van der Waals surface area contributed by atoms with Crippen LogP contribution in [0.2, 0.25) is 0 Å². The molecule has 0 radical (unpaired) electrons. The second kappa shape index (κ2) is 6.81. The number of rotatable bonds is 6. The monoisotopic (exact) mass is 249 g/mol. The molecular weight excluding hydrogens is 225 g/mol. The summed E-state index contributed by atoms with van der Waals surface area (Å²) in [6.07, 6.45) is 0.272. The first-order chi connectivity index (χ1) is 8.40. The molecule has 18 heavy (non-hydrogen) atoms. The summed E-state index contributed by atoms with van der Waals surface area (Å²) in [5.41, 5.74) is 2.21. The molecule has 1 aromatic carbocycles. The van der Waals surface area contributed by atoms with Crippen LogP contribution >= 0.6 is 0 Å². The summed E-state index contributed by atoms with van der Waals surface area (Å²) in [6.45, 7) is 8.08. The summed E-state index contributed by atoms with van der Waals surface area (Å²) in [7, 11) is 3.76. The number of anilines is 1. The zero-order valence-electron chi connectivity index (χ0n) is 12.3. The van der Waals surface area contributed by atoms with Crippen molar-refractivity contribution in [3.63, 3.8) is 0 Å². The molecule has 0 aliphatic rings. The number of benzene rings is 1. The molecule has 100 valence electrons. The largest absolute Gasteiger partial charge is 0.494 e. The van der Waals surface area contributed by atoms with E-state index in [2.05, 4.69) is 17.0 Å². The normalized spacial score (nSPS) is 11.1. The maximum absolute atomic E-state index is 5.84. The van der Waals surface area contributed by atoms with E-state index in [1.165, 1.54) is 0 Å². The molecule has 1 aromatic rings. The molecule has 0 amide bonds. The molecule has 0 heterocycles. The van der Waals surface area contributed by atoms with Gasteiger partial charge >= 0.3 is 7.12 Å². The average molecular weight is 249 g/mol. The summed E-state index contributed by atoms with van der Waals surface area (Å²) >= 11 is 0. The molecule has 0 N–H and O–H groups in total. The van der Waals surface area contributed by atoms with Gasteiger partial charge in [0.15, 0.2) is 0 Å². The predicted octanol–water partition coefficient (Wildman–Crippen LogP) is 2.30. The first-order valence-corrected chi connectivity index (χ1v) is 6.48. The van der Waals surface area contributed by atoms with E-state index in [9.17, 15) is 0 Å². The molecule has 0 spiro atoms. The molecule has 0 bridgehead atoms. The summed E-state index contributed by atoms with van der Waals surface area (Å²) < 4.78 is 11.7. The van der Waals surface area contributed by atoms with Gasteiger partial charge in [0.2, 0.25) is 0 Å². The quantitative estimate of drug-likeness (QED) is 0.722. The van der Waals surface area contributed by atoms with Gasteiger partial charge < -0.3 is 14.2 Å². The van der Waals surface area contributed by atoms with E-state index in [1.807, 2.05) is 53.9 Å². The van der Waals surface area contributed by atoms with Crippen molar-refractivity contribution < 1.29 is 9.31 Å². The van der Waals surface area contributed by atoms with Crippen LogP contribution in [0.5, 0.6) is 0 Å². The molecule has 4 heteroatoms. The van der Waals surface area contributed by atoms with Crippen molar-refractivity contribution in [1.82, 2.24) is 0 Å². The minimum absolute atomic E-state index is 0.136. The van der Waals surface area contributed by atoms with Crippen LogP contribution in [0.25, 0.3) is 0 Å². The van der Waals surface area contributed by atoms with E-state index < -0.39 is 0 Å². The van der Waals surface area contributed by atoms with Gasteiger partial charge in [0.25, 0.3) is 0 Å². The van der Waals surface area contributed by atoms with E-state index >= 15 is 0 Å². The predicted molar refractivity (Wildman–Crippen MR) is 78.6 cm³/mol. The van der Waals surface area contributed by atoms with Crippen LogP contribution in [0.3, 0.4) is 0 Å². The number of hydrogen-bond acceptors (Lipinski definition) is 3. The van der Waals surface area contributed by atoms with Gasteiger partial charge in [-0.1, -0.05) is 12.1 Å². The first kappa shape index (κ1) is 15.1. The molecule has 0 aromatic heterocycles. The highest BCUT2D eigenvalue weighted by Crippen LogP contribution is 2.10. The Balaban J connectivity index is 2.93. The lowest BCUT2D eigenvalue weighted by Gasteiger charge is -2.21. The minimum atomic E-state index is -0.301. The van der Waals surface area contributed by atoms with Crippen LogP contribution in [0.15, 0.2) is 24.3 Å². The maximum atomic E-state index is 5.84. The second-order valence-corrected chi connectivity index (χ2v) is 5.19. The standard InChI is InChI=1S/C14H24BNO2/c1-11(2)17-15(18-12(3)4)13-8-7-9-14(10-13)16(5)6/h7-12H,1-6H3. The molecule has 1 rings (SSSR count). The van der Waals surface area contributed by atoms with Crippen molar-refractivity contribution >= 4 is 18.3 Å². The molecule has 0 saturated carbocycles. The molecule has 0 atom stereocenters. The van der Waals surface area contributed by atoms with Crippen molar-refractivity contribution in [2.75, 3.05) is 19.0 Å². The Labute approximate surface area is 111 Å². The molecule has 0 saturated heterocycles. The highest BCUT2D eigenvalue weighted by molar-refractivity contribution is 6.61. The molecular formula is C14H24BNO2. The van der Waals surface area contributed by atoms with E-state index in [4.69, 9.17) is 9.31 Å². The Hall–Kier alpha value is -0.995. The fourth-order valence-electron chi connectivity index (χ4n) is 1.63. The summed E-state index contributed by atoms with van der Waals surface area (Å²) in [5, 5.41) is 0. The van der Waals surface area contributed by atoms with Gasteiger partial charge in [0.05, 0.1) is 0 Å². The van der Waals surface area contributed by atoms with Crippen LogP contribution in [0, 0.1) is 0 Å². The van der Waals surface area contributed by atoms with Crippen molar-refractivity contribution in [2.45, 2.75) is 39.9 Å². The van der Waals surface area contributed by atoms with E-state index in [0.717, 1.165) is 11.2 Å². The van der Waals surface area contributed by atoms with E-state index in [-0.39, 0.29) is 19.3 Å². The highest BCUT2D eigenvalue weighted by atomic mass is 16.6. The van der Waals surface area contributed by atoms with Crippen LogP contribution in [0.1, 0.15) is 27.7 Å². The van der Waals surface area contributed by atoms with Gasteiger partial charge in [-0.25, -0.2) is 0 Å². The van der Waals surface area contributed by atoms with E-state index in [1.54, 1.807) is 0 Å². The third-order valence-corrected chi connectivity index (χ3v) is 2.45. The van der Waals surface area contributed by atoms with Crippen LogP contribution in [-0.2, 0) is 9.31 Å². The molecule has 0 fully saturated rings. The molecule has 0 unspecified atom stereocenters. The van der Waals surface area contributed by atoms with Gasteiger partial charge in [-0.05, 0) is 45.3 Å². The van der Waals surface area contributed by atoms with Crippen molar-refractivity contribution in [3.8, 4) is 0 Å². The van der Waals surface area contributed by atoms with Gasteiger partial charge in [-0.2, -0.15) is 0 Å². The minimum Gasteiger partial charge on any atom is -0.405 e. The fraction of sp³-hybridized carbons (Fsp3) is 0.571. The fourth-order valence-corrected chi connectivity index (χ4v) is 1.63.